The number of benzene rings is 1. The monoisotopic (exact) mass is 440 g/mol. The van der Waals surface area contributed by atoms with Crippen LogP contribution in [-0.4, -0.2) is 46.6 Å². The van der Waals surface area contributed by atoms with E-state index >= 15 is 0 Å². The Kier molecular flexibility index (Phi) is 7.38. The summed E-state index contributed by atoms with van der Waals surface area (Å²) in [6.45, 7) is 4.61. The predicted octanol–water partition coefficient (Wildman–Crippen LogP) is 3.13. The van der Waals surface area contributed by atoms with E-state index in [0.717, 1.165) is 4.90 Å². The molecule has 1 aliphatic rings. The molecule has 1 amide bonds. The Labute approximate surface area is 177 Å². The average Bonchev–Trinajstić information content (AvgIpc) is 2.69. The molecule has 1 aromatic rings. The Morgan fingerprint density at radius 3 is 2.33 bits per heavy atom. The van der Waals surface area contributed by atoms with Crippen molar-refractivity contribution in [1.82, 2.24) is 4.90 Å². The highest BCUT2D eigenvalue weighted by molar-refractivity contribution is 6.26. The lowest BCUT2D eigenvalue weighted by Crippen LogP contribution is -2.62. The van der Waals surface area contributed by atoms with E-state index in [1.165, 1.54) is 38.3 Å². The van der Waals surface area contributed by atoms with E-state index in [9.17, 15) is 24.5 Å². The molecule has 11 heteroatoms. The second-order valence-electron chi connectivity index (χ2n) is 6.73. The largest absolute Gasteiger partial charge is 0.508 e. The van der Waals surface area contributed by atoms with E-state index in [4.69, 9.17) is 21.1 Å². The number of nitro groups is 1. The van der Waals surface area contributed by atoms with Crippen LogP contribution in [0.1, 0.15) is 26.3 Å². The molecule has 1 heterocycles. The number of amides is 1. The first-order valence-corrected chi connectivity index (χ1v) is 9.31. The van der Waals surface area contributed by atoms with Gasteiger partial charge in [-0.15, -0.1) is 0 Å². The number of carbonyl (C=O) groups is 3. The zero-order valence-corrected chi connectivity index (χ0v) is 17.5. The number of rotatable bonds is 7. The van der Waals surface area contributed by atoms with Gasteiger partial charge in [0.05, 0.1) is 12.0 Å². The van der Waals surface area contributed by atoms with Crippen LogP contribution in [0.25, 0.3) is 0 Å². The van der Waals surface area contributed by atoms with Gasteiger partial charge in [-0.2, -0.15) is 0 Å². The van der Waals surface area contributed by atoms with Crippen LogP contribution < -0.4 is 0 Å². The van der Waals surface area contributed by atoms with Gasteiger partial charge in [-0.25, -0.2) is 9.59 Å². The summed E-state index contributed by atoms with van der Waals surface area (Å²) in [5.41, 5.74) is 0.137. The predicted molar refractivity (Wildman–Crippen MR) is 104 cm³/mol. The Morgan fingerprint density at radius 1 is 1.27 bits per heavy atom. The summed E-state index contributed by atoms with van der Waals surface area (Å²) in [6.07, 6.45) is -1.93. The molecule has 0 aromatic heterocycles. The smallest absolute Gasteiger partial charge is 0.464 e. The second kappa shape index (κ2) is 9.57. The number of alkyl halides is 1. The molecule has 0 N–H and O–H groups in total. The minimum atomic E-state index is -1.02. The van der Waals surface area contributed by atoms with Gasteiger partial charge in [0.1, 0.15) is 29.8 Å². The Morgan fingerprint density at radius 2 is 1.87 bits per heavy atom. The van der Waals surface area contributed by atoms with E-state index in [1.807, 2.05) is 0 Å². The van der Waals surface area contributed by atoms with Crippen molar-refractivity contribution in [2.24, 2.45) is 5.92 Å². The van der Waals surface area contributed by atoms with E-state index < -0.39 is 40.5 Å². The first-order valence-electron chi connectivity index (χ1n) is 8.88. The fraction of sp³-hybridized carbons (Fsp3) is 0.421. The molecular weight excluding hydrogens is 420 g/mol. The lowest BCUT2D eigenvalue weighted by atomic mass is 9.91. The molecule has 1 aliphatic heterocycles. The zero-order chi connectivity index (χ0) is 22.6. The van der Waals surface area contributed by atoms with Crippen molar-refractivity contribution in [2.75, 3.05) is 7.11 Å². The third-order valence-electron chi connectivity index (χ3n) is 4.45. The maximum Gasteiger partial charge on any atom is 0.508 e. The van der Waals surface area contributed by atoms with Gasteiger partial charge in [0.2, 0.25) is 5.91 Å². The molecule has 0 saturated carbocycles. The minimum Gasteiger partial charge on any atom is -0.464 e. The molecule has 2 rings (SSSR count). The summed E-state index contributed by atoms with van der Waals surface area (Å²) in [5, 5.41) is 10.6. The fourth-order valence-electron chi connectivity index (χ4n) is 2.89. The molecular formula is C19H21ClN2O8. The molecule has 0 bridgehead atoms. The lowest BCUT2D eigenvalue weighted by Gasteiger charge is -2.45. The molecule has 0 spiro atoms. The number of allylic oxidation sites excluding steroid dienone is 1. The third-order valence-corrected chi connectivity index (χ3v) is 4.92. The first-order chi connectivity index (χ1) is 14.1. The zero-order valence-electron chi connectivity index (χ0n) is 16.8. The summed E-state index contributed by atoms with van der Waals surface area (Å²) >= 11 is 6.28. The Balaban J connectivity index is 1.93. The number of likely N-dealkylation sites (tertiary alicyclic amines) is 1. The number of hydrogen-bond donors (Lipinski definition) is 0. The SMILES string of the molecule is COC(=O)C(=C(C)C)N1C(=O)[C@H]([C@@H](C)OC(=O)OCc2ccc([N+](=O)[O-])cc2)[C@@H]1Cl. The highest BCUT2D eigenvalue weighted by atomic mass is 35.5. The molecule has 30 heavy (non-hydrogen) atoms. The van der Waals surface area contributed by atoms with E-state index in [1.54, 1.807) is 13.8 Å². The van der Waals surface area contributed by atoms with Crippen molar-refractivity contribution >= 4 is 35.3 Å². The van der Waals surface area contributed by atoms with Gasteiger partial charge in [0, 0.05) is 12.1 Å². The normalized spacial score (nSPS) is 18.7. The molecule has 10 nitrogen and oxygen atoms in total. The van der Waals surface area contributed by atoms with E-state index in [0.29, 0.717) is 11.1 Å². The number of ether oxygens (including phenoxy) is 3. The minimum absolute atomic E-state index is 0.0479. The lowest BCUT2D eigenvalue weighted by molar-refractivity contribution is -0.384. The van der Waals surface area contributed by atoms with Gasteiger partial charge < -0.3 is 14.2 Å². The number of nitrogens with zero attached hydrogens (tertiary/aromatic N) is 2. The number of esters is 1. The summed E-state index contributed by atoms with van der Waals surface area (Å²) in [5.74, 6) is -2.03. The van der Waals surface area contributed by atoms with Crippen LogP contribution in [0.4, 0.5) is 10.5 Å². The van der Waals surface area contributed by atoms with Crippen molar-refractivity contribution in [1.29, 1.82) is 0 Å². The second-order valence-corrected chi connectivity index (χ2v) is 7.18. The standard InChI is InChI=1S/C19H21ClN2O8/c1-10(2)15(18(24)28-4)21-16(20)14(17(21)23)11(3)30-19(25)29-9-12-5-7-13(8-6-12)22(26)27/h5-8,11,14,16H,9H2,1-4H3/t11-,14-,16-/m1/s1. The number of β-lactam (4-membered cyclic amide) rings is 1. The van der Waals surface area contributed by atoms with Crippen LogP contribution in [0.3, 0.4) is 0 Å². The van der Waals surface area contributed by atoms with Gasteiger partial charge in [0.25, 0.3) is 5.69 Å². The van der Waals surface area contributed by atoms with Crippen LogP contribution >= 0.6 is 11.6 Å². The summed E-state index contributed by atoms with van der Waals surface area (Å²) in [6, 6.07) is 5.47. The molecule has 0 radical (unpaired) electrons. The third kappa shape index (κ3) is 4.88. The van der Waals surface area contributed by atoms with Crippen LogP contribution in [0.2, 0.25) is 0 Å². The van der Waals surface area contributed by atoms with Crippen LogP contribution in [0.15, 0.2) is 35.5 Å². The molecule has 3 atom stereocenters. The van der Waals surface area contributed by atoms with Crippen LogP contribution in [0.5, 0.6) is 0 Å². The first kappa shape index (κ1) is 23.1. The molecule has 0 aliphatic carbocycles. The number of carbonyl (C=O) groups excluding carboxylic acids is 3. The maximum atomic E-state index is 12.5. The van der Waals surface area contributed by atoms with Gasteiger partial charge in [-0.05, 0) is 44.0 Å². The molecule has 162 valence electrons. The van der Waals surface area contributed by atoms with Crippen molar-refractivity contribution < 1.29 is 33.5 Å². The van der Waals surface area contributed by atoms with Crippen molar-refractivity contribution in [3.63, 3.8) is 0 Å². The van der Waals surface area contributed by atoms with Gasteiger partial charge in [-0.3, -0.25) is 19.8 Å². The molecule has 1 aromatic carbocycles. The summed E-state index contributed by atoms with van der Waals surface area (Å²) in [4.78, 5) is 47.6. The van der Waals surface area contributed by atoms with Gasteiger partial charge >= 0.3 is 12.1 Å². The fourth-order valence-corrected chi connectivity index (χ4v) is 3.40. The van der Waals surface area contributed by atoms with Crippen molar-refractivity contribution in [3.05, 3.63) is 51.2 Å². The average molecular weight is 441 g/mol. The maximum absolute atomic E-state index is 12.5. The highest BCUT2D eigenvalue weighted by Gasteiger charge is 2.53. The van der Waals surface area contributed by atoms with E-state index in [-0.39, 0.29) is 18.0 Å². The number of methoxy groups -OCH3 is 1. The number of nitro benzene ring substituents is 1. The van der Waals surface area contributed by atoms with Crippen LogP contribution in [0, 0.1) is 16.0 Å². The van der Waals surface area contributed by atoms with Crippen molar-refractivity contribution in [2.45, 2.75) is 39.0 Å². The number of hydrogen-bond acceptors (Lipinski definition) is 8. The summed E-state index contributed by atoms with van der Waals surface area (Å²) in [7, 11) is 1.20. The topological polar surface area (TPSA) is 125 Å². The molecule has 0 unspecified atom stereocenters. The van der Waals surface area contributed by atoms with Gasteiger partial charge in [-0.1, -0.05) is 11.6 Å². The van der Waals surface area contributed by atoms with E-state index in [2.05, 4.69) is 4.74 Å². The quantitative estimate of drug-likeness (QED) is 0.120. The van der Waals surface area contributed by atoms with Gasteiger partial charge in [0.15, 0.2) is 0 Å². The highest BCUT2D eigenvalue weighted by Crippen LogP contribution is 2.38. The molecule has 1 fully saturated rings. The molecule has 1 saturated heterocycles. The van der Waals surface area contributed by atoms with Crippen molar-refractivity contribution in [3.8, 4) is 0 Å². The summed E-state index contributed by atoms with van der Waals surface area (Å²) < 4.78 is 14.8. The Bertz CT molecular complexity index is 879. The number of non-ortho nitro benzene ring substituents is 1. The Hall–Kier alpha value is -3.14. The number of halogens is 1. The van der Waals surface area contributed by atoms with Crippen LogP contribution in [-0.2, 0) is 30.4 Å².